The quantitative estimate of drug-likeness (QED) is 0.640. The fraction of sp³-hybridized carbons (Fsp3) is 0.524. The van der Waals surface area contributed by atoms with E-state index in [1.807, 2.05) is 0 Å². The molecular formula is C21H28F3N5O2. The fourth-order valence-electron chi connectivity index (χ4n) is 3.51. The molecule has 2 aromatic rings. The van der Waals surface area contributed by atoms with E-state index >= 15 is 0 Å². The van der Waals surface area contributed by atoms with Gasteiger partial charge in [0.1, 0.15) is 11.5 Å². The number of H-pyrrole nitrogens is 1. The Morgan fingerprint density at radius 2 is 2.00 bits per heavy atom. The molecule has 1 amide bonds. The first-order valence-corrected chi connectivity index (χ1v) is 10.3. The summed E-state index contributed by atoms with van der Waals surface area (Å²) in [5.74, 6) is -0.151. The van der Waals surface area contributed by atoms with E-state index in [2.05, 4.69) is 20.3 Å². The molecule has 3 rings (SSSR count). The summed E-state index contributed by atoms with van der Waals surface area (Å²) < 4.78 is 37.4. The van der Waals surface area contributed by atoms with Crippen molar-refractivity contribution in [1.29, 1.82) is 0 Å². The standard InChI is InChI=1S/C21H26F3N5O2.H2/c1-13(2)18(16(30)5-7-21(22,23)24)27-17-6-8-25-19(28-17)14-11-15(26-12-14)20(31)29-9-3-4-10-29;/h6,8,11-13,18,26H,3-5,7,9-10H2,1-2H3,(H,25,27,28);1H/t18-;/m1./s1. The molecule has 31 heavy (non-hydrogen) atoms. The van der Waals surface area contributed by atoms with Crippen molar-refractivity contribution >= 4 is 17.5 Å². The third kappa shape index (κ3) is 6.05. The molecule has 0 spiro atoms. The highest BCUT2D eigenvalue weighted by Crippen LogP contribution is 2.24. The van der Waals surface area contributed by atoms with Gasteiger partial charge in [-0.3, -0.25) is 9.59 Å². The van der Waals surface area contributed by atoms with E-state index in [9.17, 15) is 22.8 Å². The highest BCUT2D eigenvalue weighted by atomic mass is 19.4. The van der Waals surface area contributed by atoms with E-state index < -0.39 is 30.8 Å². The molecule has 1 fully saturated rings. The largest absolute Gasteiger partial charge is 0.389 e. The van der Waals surface area contributed by atoms with Gasteiger partial charge in [-0.2, -0.15) is 13.2 Å². The second-order valence-electron chi connectivity index (χ2n) is 8.01. The smallest absolute Gasteiger partial charge is 0.360 e. The Labute approximate surface area is 179 Å². The van der Waals surface area contributed by atoms with E-state index in [0.717, 1.165) is 25.9 Å². The number of rotatable bonds is 8. The van der Waals surface area contributed by atoms with Crippen LogP contribution in [0, 0.1) is 5.92 Å². The van der Waals surface area contributed by atoms with Crippen molar-refractivity contribution in [2.45, 2.75) is 51.7 Å². The maximum atomic E-state index is 12.5. The molecule has 0 aromatic carbocycles. The first-order valence-electron chi connectivity index (χ1n) is 10.3. The molecule has 0 radical (unpaired) electrons. The lowest BCUT2D eigenvalue weighted by Gasteiger charge is -2.22. The average Bonchev–Trinajstić information content (AvgIpc) is 3.41. The summed E-state index contributed by atoms with van der Waals surface area (Å²) in [6.07, 6.45) is -0.991. The summed E-state index contributed by atoms with van der Waals surface area (Å²) in [6.45, 7) is 4.99. The van der Waals surface area contributed by atoms with Crippen molar-refractivity contribution in [2.75, 3.05) is 18.4 Å². The van der Waals surface area contributed by atoms with Crippen LogP contribution in [-0.2, 0) is 4.79 Å². The van der Waals surface area contributed by atoms with Crippen molar-refractivity contribution in [3.8, 4) is 11.4 Å². The molecule has 3 heterocycles. The van der Waals surface area contributed by atoms with Crippen LogP contribution in [0.25, 0.3) is 11.4 Å². The molecule has 1 atom stereocenters. The highest BCUT2D eigenvalue weighted by molar-refractivity contribution is 5.94. The molecule has 1 aliphatic rings. The van der Waals surface area contributed by atoms with E-state index in [-0.39, 0.29) is 13.3 Å². The second kappa shape index (κ2) is 9.49. The zero-order valence-corrected chi connectivity index (χ0v) is 17.5. The van der Waals surface area contributed by atoms with Gasteiger partial charge in [0.2, 0.25) is 0 Å². The van der Waals surface area contributed by atoms with Crippen LogP contribution in [0.3, 0.4) is 0 Å². The molecule has 2 aromatic heterocycles. The van der Waals surface area contributed by atoms with Gasteiger partial charge in [-0.15, -0.1) is 0 Å². The van der Waals surface area contributed by atoms with Gasteiger partial charge >= 0.3 is 6.18 Å². The normalized spacial score (nSPS) is 15.4. The minimum absolute atomic E-state index is 0. The van der Waals surface area contributed by atoms with Crippen LogP contribution < -0.4 is 5.32 Å². The maximum absolute atomic E-state index is 12.5. The first kappa shape index (κ1) is 22.8. The minimum atomic E-state index is -4.38. The molecule has 0 saturated carbocycles. The predicted molar refractivity (Wildman–Crippen MR) is 112 cm³/mol. The number of carbonyl (C=O) groups excluding carboxylic acids is 2. The summed E-state index contributed by atoms with van der Waals surface area (Å²) in [7, 11) is 0. The molecule has 1 aliphatic heterocycles. The Morgan fingerprint density at radius 1 is 1.29 bits per heavy atom. The van der Waals surface area contributed by atoms with E-state index in [1.165, 1.54) is 6.20 Å². The number of hydrogen-bond acceptors (Lipinski definition) is 5. The number of anilines is 1. The minimum Gasteiger partial charge on any atom is -0.360 e. The van der Waals surface area contributed by atoms with Crippen LogP contribution in [0.15, 0.2) is 24.5 Å². The Bertz CT molecular complexity index is 926. The van der Waals surface area contributed by atoms with Crippen LogP contribution in [-0.4, -0.2) is 56.8 Å². The number of nitrogens with one attached hydrogen (secondary N) is 2. The summed E-state index contributed by atoms with van der Waals surface area (Å²) in [5, 5.41) is 2.95. The lowest BCUT2D eigenvalue weighted by atomic mass is 9.97. The first-order chi connectivity index (χ1) is 14.6. The van der Waals surface area contributed by atoms with Crippen LogP contribution in [0.5, 0.6) is 0 Å². The molecule has 1 saturated heterocycles. The Morgan fingerprint density at radius 3 is 2.65 bits per heavy atom. The topological polar surface area (TPSA) is 91.0 Å². The molecule has 170 valence electrons. The molecule has 0 bridgehead atoms. The zero-order chi connectivity index (χ0) is 22.6. The third-order valence-electron chi connectivity index (χ3n) is 5.19. The van der Waals surface area contributed by atoms with Gasteiger partial charge in [-0.05, 0) is 30.9 Å². The number of carbonyl (C=O) groups is 2. The SMILES string of the molecule is CC(C)[C@@H](Nc1ccnc(-c2c[nH]c(C(=O)N3CCCC3)c2)n1)C(=O)CCC(F)(F)F.[HH]. The monoisotopic (exact) mass is 439 g/mol. The van der Waals surface area contributed by atoms with Crippen LogP contribution in [0.4, 0.5) is 19.0 Å². The molecule has 0 aliphatic carbocycles. The van der Waals surface area contributed by atoms with Gasteiger partial charge in [-0.1, -0.05) is 13.8 Å². The number of amides is 1. The number of Topliss-reactive ketones (excluding diaryl/α,β-unsaturated/α-hetero) is 1. The molecule has 10 heteroatoms. The number of halogens is 3. The number of aromatic nitrogens is 3. The fourth-order valence-corrected chi connectivity index (χ4v) is 3.51. The maximum Gasteiger partial charge on any atom is 0.389 e. The van der Waals surface area contributed by atoms with Gasteiger partial charge in [0, 0.05) is 38.9 Å². The molecule has 7 nitrogen and oxygen atoms in total. The summed E-state index contributed by atoms with van der Waals surface area (Å²) in [5.41, 5.74) is 1.05. The Kier molecular flexibility index (Phi) is 6.97. The number of alkyl halides is 3. The lowest BCUT2D eigenvalue weighted by molar-refractivity contribution is -0.143. The van der Waals surface area contributed by atoms with E-state index in [1.54, 1.807) is 37.1 Å². The second-order valence-corrected chi connectivity index (χ2v) is 8.01. The van der Waals surface area contributed by atoms with E-state index in [4.69, 9.17) is 0 Å². The Balaban J connectivity index is 0.00000363. The predicted octanol–water partition coefficient (Wildman–Crippen LogP) is 4.30. The lowest BCUT2D eigenvalue weighted by Crippen LogP contribution is -2.35. The summed E-state index contributed by atoms with van der Waals surface area (Å²) >= 11 is 0. The average molecular weight is 439 g/mol. The molecule has 0 unspecified atom stereocenters. The highest BCUT2D eigenvalue weighted by Gasteiger charge is 2.31. The molecular weight excluding hydrogens is 411 g/mol. The van der Waals surface area contributed by atoms with Crippen molar-refractivity contribution in [2.24, 2.45) is 5.92 Å². The van der Waals surface area contributed by atoms with Crippen LogP contribution >= 0.6 is 0 Å². The third-order valence-corrected chi connectivity index (χ3v) is 5.19. The Hall–Kier alpha value is -2.91. The van der Waals surface area contributed by atoms with Crippen LogP contribution in [0.1, 0.15) is 51.4 Å². The van der Waals surface area contributed by atoms with Crippen molar-refractivity contribution in [1.82, 2.24) is 19.9 Å². The van der Waals surface area contributed by atoms with Crippen LogP contribution in [0.2, 0.25) is 0 Å². The van der Waals surface area contributed by atoms with Crippen molar-refractivity contribution in [3.05, 3.63) is 30.2 Å². The van der Waals surface area contributed by atoms with Crippen molar-refractivity contribution < 1.29 is 24.2 Å². The van der Waals surface area contributed by atoms with E-state index in [0.29, 0.717) is 22.9 Å². The number of nitrogens with zero attached hydrogens (tertiary/aromatic N) is 3. The number of likely N-dealkylation sites (tertiary alicyclic amines) is 1. The van der Waals surface area contributed by atoms with Crippen molar-refractivity contribution in [3.63, 3.8) is 0 Å². The molecule has 2 N–H and O–H groups in total. The number of aromatic amines is 1. The number of hydrogen-bond donors (Lipinski definition) is 2. The van der Waals surface area contributed by atoms with Gasteiger partial charge in [-0.25, -0.2) is 9.97 Å². The number of ketones is 1. The van der Waals surface area contributed by atoms with Gasteiger partial charge in [0.15, 0.2) is 11.6 Å². The van der Waals surface area contributed by atoms with Gasteiger partial charge in [0.05, 0.1) is 12.5 Å². The van der Waals surface area contributed by atoms with Gasteiger partial charge < -0.3 is 15.2 Å². The summed E-state index contributed by atoms with van der Waals surface area (Å²) in [4.78, 5) is 38.2. The summed E-state index contributed by atoms with van der Waals surface area (Å²) in [6, 6.07) is 2.43. The van der Waals surface area contributed by atoms with Gasteiger partial charge in [0.25, 0.3) is 5.91 Å². The zero-order valence-electron chi connectivity index (χ0n) is 17.5.